The molecule has 3 aliphatic heterocycles. The summed E-state index contributed by atoms with van der Waals surface area (Å²) in [5, 5.41) is 41.9. The molecule has 2 fully saturated rings. The van der Waals surface area contributed by atoms with Gasteiger partial charge in [-0.1, -0.05) is 12.1 Å². The van der Waals surface area contributed by atoms with Gasteiger partial charge in [-0.3, -0.25) is 0 Å². The number of piperazine rings is 1. The largest absolute Gasteiger partial charge is 0.479 e. The third-order valence-electron chi connectivity index (χ3n) is 6.33. The Bertz CT molecular complexity index is 1220. The van der Waals surface area contributed by atoms with Crippen molar-refractivity contribution < 1.29 is 34.1 Å². The van der Waals surface area contributed by atoms with Crippen LogP contribution in [-0.4, -0.2) is 106 Å². The Hall–Kier alpha value is -2.54. The van der Waals surface area contributed by atoms with Crippen molar-refractivity contribution in [1.82, 2.24) is 9.80 Å². The molecule has 0 radical (unpaired) electrons. The van der Waals surface area contributed by atoms with Gasteiger partial charge in [-0.25, -0.2) is 9.79 Å². The molecule has 0 aliphatic carbocycles. The van der Waals surface area contributed by atoms with Gasteiger partial charge >= 0.3 is 5.97 Å². The van der Waals surface area contributed by atoms with E-state index in [0.29, 0.717) is 54.0 Å². The van der Waals surface area contributed by atoms with Gasteiger partial charge in [-0.05, 0) is 32.1 Å². The first-order chi connectivity index (χ1) is 17.5. The van der Waals surface area contributed by atoms with E-state index in [2.05, 4.69) is 0 Å². The summed E-state index contributed by atoms with van der Waals surface area (Å²) in [6.45, 7) is 1.25. The molecule has 0 unspecified atom stereocenters. The van der Waals surface area contributed by atoms with E-state index in [1.807, 2.05) is 17.9 Å². The third-order valence-corrected chi connectivity index (χ3v) is 7.38. The number of carboxylic acids is 1. The molecule has 0 spiro atoms. The van der Waals surface area contributed by atoms with Gasteiger partial charge in [0.15, 0.2) is 12.3 Å². The molecule has 11 heteroatoms. The maximum Gasteiger partial charge on any atom is 0.335 e. The summed E-state index contributed by atoms with van der Waals surface area (Å²) in [5.74, 6) is -0.835. The number of hydrogen-bond donors (Lipinski definition) is 4. The Morgan fingerprint density at radius 3 is 2.59 bits per heavy atom. The van der Waals surface area contributed by atoms with Gasteiger partial charge < -0.3 is 39.9 Å². The van der Waals surface area contributed by atoms with E-state index in [4.69, 9.17) is 13.8 Å². The Morgan fingerprint density at radius 1 is 1.15 bits per heavy atom. The van der Waals surface area contributed by atoms with Crippen molar-refractivity contribution in [3.05, 3.63) is 40.8 Å². The quantitative estimate of drug-likeness (QED) is 0.480. The number of likely N-dealkylation sites (N-methyl/N-ethyl adjacent to an activating group) is 1. The molecule has 0 bridgehead atoms. The maximum absolute atomic E-state index is 11.8. The minimum absolute atomic E-state index is 0.328. The van der Waals surface area contributed by atoms with Crippen LogP contribution in [0.4, 0.5) is 16.4 Å². The number of aliphatic hydroxyl groups is 3. The lowest BCUT2D eigenvalue weighted by atomic mass is 9.97. The summed E-state index contributed by atoms with van der Waals surface area (Å²) >= 11 is 1.39. The Kier molecular flexibility index (Phi) is 5.17. The van der Waals surface area contributed by atoms with E-state index in [9.17, 15) is 25.2 Å². The Morgan fingerprint density at radius 2 is 1.88 bits per heavy atom. The summed E-state index contributed by atoms with van der Waals surface area (Å²) in [7, 11) is 0. The zero-order valence-corrected chi connectivity index (χ0v) is 19.2. The fourth-order valence-electron chi connectivity index (χ4n) is 4.58. The number of carbonyl (C=O) groups is 1. The molecule has 0 amide bonds. The second-order valence-electron chi connectivity index (χ2n) is 8.60. The molecule has 2 saturated heterocycles. The summed E-state index contributed by atoms with van der Waals surface area (Å²) in [6.07, 6.45) is -8.28. The molecule has 4 N–H and O–H groups in total. The normalized spacial score (nSPS) is 31.5. The number of ether oxygens (including phenoxy) is 1. The average molecular weight is 492 g/mol. The molecule has 5 rings (SSSR count). The Balaban J connectivity index is 1.59. The molecule has 2 aromatic rings. The number of rotatable bonds is 2. The van der Waals surface area contributed by atoms with Crippen LogP contribution in [-0.2, 0) is 9.53 Å². The molecule has 0 saturated carbocycles. The summed E-state index contributed by atoms with van der Waals surface area (Å²) in [4.78, 5) is 22.8. The van der Waals surface area contributed by atoms with Crippen molar-refractivity contribution in [2.24, 2.45) is 4.99 Å². The minimum atomic E-state index is -2.18. The van der Waals surface area contributed by atoms with Crippen LogP contribution in [0.2, 0.25) is 0 Å². The first kappa shape index (κ1) is 19.7. The van der Waals surface area contributed by atoms with Crippen LogP contribution in [0.15, 0.2) is 35.3 Å². The number of aliphatic imine (C=N–C) groups is 1. The molecule has 5 atom stereocenters. The van der Waals surface area contributed by atoms with E-state index >= 15 is 0 Å². The van der Waals surface area contributed by atoms with Crippen molar-refractivity contribution in [3.63, 3.8) is 0 Å². The summed E-state index contributed by atoms with van der Waals surface area (Å²) in [6, 6.07) is 9.04. The highest BCUT2D eigenvalue weighted by Gasteiger charge is 2.50. The lowest BCUT2D eigenvalue weighted by molar-refractivity contribution is -0.225. The smallest absolute Gasteiger partial charge is 0.335 e. The van der Waals surface area contributed by atoms with E-state index < -0.39 is 43.6 Å². The molecule has 4 heterocycles. The fourth-order valence-corrected chi connectivity index (χ4v) is 5.62. The van der Waals surface area contributed by atoms with E-state index in [0.717, 1.165) is 4.88 Å². The van der Waals surface area contributed by atoms with Crippen molar-refractivity contribution in [1.29, 1.82) is 0 Å². The molecule has 1 aromatic heterocycles. The van der Waals surface area contributed by atoms with E-state index in [1.165, 1.54) is 16.2 Å². The topological polar surface area (TPSA) is 129 Å². The number of aliphatic hydroxyl groups excluding tert-OH is 3. The SMILES string of the molecule is [2H]C([2H])([2H])N1CCN(C2=Nc3ccccc3N([C@@H]3O[C@H](C(=O)O)[C@@H](O)[C@H](O)[C@H]3O)c3sc(C)cc32)CC1. The predicted octanol–water partition coefficient (Wildman–Crippen LogP) is 0.726. The lowest BCUT2D eigenvalue weighted by Gasteiger charge is -2.44. The number of para-hydroxylation sites is 2. The maximum atomic E-state index is 11.8. The monoisotopic (exact) mass is 491 g/mol. The predicted molar refractivity (Wildman–Crippen MR) is 127 cm³/mol. The summed E-state index contributed by atoms with van der Waals surface area (Å²) < 4.78 is 28.9. The summed E-state index contributed by atoms with van der Waals surface area (Å²) in [5.41, 5.74) is 1.77. The Labute approximate surface area is 205 Å². The van der Waals surface area contributed by atoms with Gasteiger partial charge in [-0.2, -0.15) is 0 Å². The van der Waals surface area contributed by atoms with Crippen LogP contribution >= 0.6 is 11.3 Å². The molecule has 10 nitrogen and oxygen atoms in total. The standard InChI is InChI=1S/C23H28N4O6S/c1-12-11-13-20(26-9-7-25(2)8-10-26)24-14-5-3-4-6-15(14)27(22(13)34-12)21-18(30)16(28)17(29)19(33-21)23(31)32/h3-6,11,16-19,21,28-30H,7-10H2,1-2H3,(H,31,32)/t16-,17-,18+,19-,21+/m0/s1/i2D3. The van der Waals surface area contributed by atoms with Gasteiger partial charge in [0.05, 0.1) is 16.9 Å². The van der Waals surface area contributed by atoms with Crippen molar-refractivity contribution in [3.8, 4) is 0 Å². The van der Waals surface area contributed by atoms with Gasteiger partial charge in [0, 0.05) is 35.2 Å². The molecule has 34 heavy (non-hydrogen) atoms. The number of nitrogens with zero attached hydrogens (tertiary/aromatic N) is 4. The zero-order valence-electron chi connectivity index (χ0n) is 21.4. The number of benzene rings is 1. The third kappa shape index (κ3) is 3.88. The number of thiophene rings is 1. The second kappa shape index (κ2) is 8.91. The second-order valence-corrected chi connectivity index (χ2v) is 9.84. The highest BCUT2D eigenvalue weighted by atomic mass is 32.1. The van der Waals surface area contributed by atoms with Crippen LogP contribution in [0.3, 0.4) is 0 Å². The molecular formula is C23H28N4O6S. The number of amidine groups is 1. The first-order valence-corrected chi connectivity index (χ1v) is 11.8. The number of fused-ring (bicyclic) bond motifs is 2. The average Bonchev–Trinajstić information content (AvgIpc) is 3.17. The van der Waals surface area contributed by atoms with Gasteiger partial charge in [0.1, 0.15) is 29.1 Å². The van der Waals surface area contributed by atoms with Crippen LogP contribution in [0.25, 0.3) is 0 Å². The van der Waals surface area contributed by atoms with Crippen LogP contribution < -0.4 is 4.90 Å². The van der Waals surface area contributed by atoms with E-state index in [1.54, 1.807) is 29.2 Å². The van der Waals surface area contributed by atoms with Gasteiger partial charge in [-0.15, -0.1) is 11.3 Å². The molecule has 1 aromatic carbocycles. The lowest BCUT2D eigenvalue weighted by Crippen LogP contribution is -2.63. The molecule has 182 valence electrons. The number of aliphatic carboxylic acids is 1. The van der Waals surface area contributed by atoms with Crippen molar-refractivity contribution >= 4 is 39.5 Å². The van der Waals surface area contributed by atoms with Crippen LogP contribution in [0, 0.1) is 6.92 Å². The fraction of sp³-hybridized carbons (Fsp3) is 0.478. The molecular weight excluding hydrogens is 460 g/mol. The highest BCUT2D eigenvalue weighted by Crippen LogP contribution is 2.47. The van der Waals surface area contributed by atoms with Gasteiger partial charge in [0.25, 0.3) is 0 Å². The van der Waals surface area contributed by atoms with Crippen LogP contribution in [0.5, 0.6) is 0 Å². The number of hydrogen-bond acceptors (Lipinski definition) is 10. The minimum Gasteiger partial charge on any atom is -0.479 e. The van der Waals surface area contributed by atoms with Crippen LogP contribution in [0.1, 0.15) is 14.6 Å². The number of carboxylic acid groups (broad SMARTS) is 1. The first-order valence-electron chi connectivity index (χ1n) is 12.5. The van der Waals surface area contributed by atoms with E-state index in [-0.39, 0.29) is 0 Å². The number of aryl methyl sites for hydroxylation is 1. The van der Waals surface area contributed by atoms with Gasteiger partial charge in [0.2, 0.25) is 0 Å². The molecule has 3 aliphatic rings. The number of anilines is 2. The highest BCUT2D eigenvalue weighted by molar-refractivity contribution is 7.16. The zero-order chi connectivity index (χ0) is 26.6. The van der Waals surface area contributed by atoms with Crippen molar-refractivity contribution in [2.75, 3.05) is 38.1 Å². The van der Waals surface area contributed by atoms with Crippen molar-refractivity contribution in [2.45, 2.75) is 37.6 Å².